The van der Waals surface area contributed by atoms with Crippen molar-refractivity contribution in [3.05, 3.63) is 0 Å². The minimum absolute atomic E-state index is 0.198. The molecule has 0 aromatic carbocycles. The Bertz CT molecular complexity index is 174. The fourth-order valence-corrected chi connectivity index (χ4v) is 1.87. The van der Waals surface area contributed by atoms with Gasteiger partial charge in [0, 0.05) is 25.2 Å². The molecule has 0 aromatic rings. The van der Waals surface area contributed by atoms with Crippen LogP contribution in [-0.2, 0) is 4.79 Å². The highest BCUT2D eigenvalue weighted by Gasteiger charge is 2.27. The summed E-state index contributed by atoms with van der Waals surface area (Å²) in [6, 6.07) is 0.620. The first-order valence-corrected chi connectivity index (χ1v) is 4.83. The largest absolute Gasteiger partial charge is 0.334 e. The molecule has 0 radical (unpaired) electrons. The van der Waals surface area contributed by atoms with Gasteiger partial charge in [-0.1, -0.05) is 0 Å². The lowest BCUT2D eigenvalue weighted by atomic mass is 10.1. The summed E-state index contributed by atoms with van der Waals surface area (Å²) in [6.45, 7) is 6.40. The average Bonchev–Trinajstić information content (AvgIpc) is 2.04. The van der Waals surface area contributed by atoms with E-state index in [1.807, 2.05) is 4.90 Å². The monoisotopic (exact) mass is 185 g/mol. The summed E-state index contributed by atoms with van der Waals surface area (Å²) in [6.07, 6.45) is 0. The van der Waals surface area contributed by atoms with Crippen LogP contribution in [0, 0.1) is 0 Å². The summed E-state index contributed by atoms with van der Waals surface area (Å²) in [4.78, 5) is 13.6. The van der Waals surface area contributed by atoms with Crippen molar-refractivity contribution >= 4 is 5.91 Å². The van der Waals surface area contributed by atoms with Crippen molar-refractivity contribution in [2.45, 2.75) is 25.9 Å². The van der Waals surface area contributed by atoms with Gasteiger partial charge < -0.3 is 15.5 Å². The van der Waals surface area contributed by atoms with Gasteiger partial charge >= 0.3 is 0 Å². The minimum Gasteiger partial charge on any atom is -0.334 e. The molecule has 76 valence electrons. The van der Waals surface area contributed by atoms with E-state index in [-0.39, 0.29) is 5.91 Å². The summed E-state index contributed by atoms with van der Waals surface area (Å²) >= 11 is 0. The van der Waals surface area contributed by atoms with Gasteiger partial charge in [0.2, 0.25) is 5.91 Å². The van der Waals surface area contributed by atoms with E-state index >= 15 is 0 Å². The van der Waals surface area contributed by atoms with Crippen molar-refractivity contribution < 1.29 is 4.79 Å². The number of likely N-dealkylation sites (N-methyl/N-ethyl adjacent to an activating group) is 1. The van der Waals surface area contributed by atoms with Crippen LogP contribution in [0.3, 0.4) is 0 Å². The van der Waals surface area contributed by atoms with Gasteiger partial charge in [0.25, 0.3) is 0 Å². The van der Waals surface area contributed by atoms with Gasteiger partial charge in [-0.2, -0.15) is 0 Å². The van der Waals surface area contributed by atoms with E-state index in [9.17, 15) is 4.79 Å². The van der Waals surface area contributed by atoms with Crippen LogP contribution in [0.25, 0.3) is 0 Å². The van der Waals surface area contributed by atoms with E-state index in [1.54, 1.807) is 7.05 Å². The number of nitrogens with one attached hydrogen (secondary N) is 2. The molecule has 0 aliphatic carbocycles. The predicted octanol–water partition coefficient (Wildman–Crippen LogP) is -0.585. The number of rotatable bonds is 2. The van der Waals surface area contributed by atoms with Crippen LogP contribution in [-0.4, -0.2) is 49.6 Å². The smallest absolute Gasteiger partial charge is 0.237 e. The Kier molecular flexibility index (Phi) is 3.69. The van der Waals surface area contributed by atoms with Crippen molar-refractivity contribution in [1.29, 1.82) is 0 Å². The molecule has 1 amide bonds. The summed E-state index contributed by atoms with van der Waals surface area (Å²) in [5, 5.41) is 6.19. The normalized spacial score (nSPS) is 29.0. The number of carbonyl (C=O) groups excluding carboxylic acids is 1. The molecule has 1 saturated heterocycles. The molecule has 4 nitrogen and oxygen atoms in total. The number of nitrogens with zero attached hydrogens (tertiary/aromatic N) is 1. The molecule has 0 spiro atoms. The van der Waals surface area contributed by atoms with Crippen LogP contribution in [0.15, 0.2) is 0 Å². The van der Waals surface area contributed by atoms with Crippen LogP contribution in [0.1, 0.15) is 13.8 Å². The zero-order valence-electron chi connectivity index (χ0n) is 8.63. The predicted molar refractivity (Wildman–Crippen MR) is 52.6 cm³/mol. The van der Waals surface area contributed by atoms with Gasteiger partial charge in [0.15, 0.2) is 0 Å². The molecule has 1 aliphatic rings. The molecule has 13 heavy (non-hydrogen) atoms. The molecular weight excluding hydrogens is 166 g/mol. The summed E-state index contributed by atoms with van der Waals surface area (Å²) < 4.78 is 0. The third kappa shape index (κ3) is 2.42. The van der Waals surface area contributed by atoms with Gasteiger partial charge in [0.1, 0.15) is 0 Å². The molecule has 0 saturated carbocycles. The fourth-order valence-electron chi connectivity index (χ4n) is 1.87. The maximum absolute atomic E-state index is 11.7. The number of carbonyl (C=O) groups is 1. The Labute approximate surface area is 79.7 Å². The van der Waals surface area contributed by atoms with E-state index in [1.165, 1.54) is 0 Å². The highest BCUT2D eigenvalue weighted by molar-refractivity contribution is 5.79. The second-order valence-corrected chi connectivity index (χ2v) is 3.69. The van der Waals surface area contributed by atoms with Gasteiger partial charge in [-0.05, 0) is 20.9 Å². The highest BCUT2D eigenvalue weighted by atomic mass is 16.2. The molecule has 2 N–H and O–H groups in total. The van der Waals surface area contributed by atoms with Gasteiger partial charge in [-0.25, -0.2) is 0 Å². The average molecular weight is 185 g/mol. The summed E-state index contributed by atoms with van der Waals surface area (Å²) in [5.41, 5.74) is 0. The van der Waals surface area contributed by atoms with E-state index in [0.29, 0.717) is 18.6 Å². The highest BCUT2D eigenvalue weighted by Crippen LogP contribution is 2.09. The van der Waals surface area contributed by atoms with E-state index < -0.39 is 0 Å². The lowest BCUT2D eigenvalue weighted by Gasteiger charge is -2.39. The van der Waals surface area contributed by atoms with E-state index in [4.69, 9.17) is 0 Å². The second-order valence-electron chi connectivity index (χ2n) is 3.69. The third-order valence-corrected chi connectivity index (χ3v) is 2.45. The van der Waals surface area contributed by atoms with Crippen molar-refractivity contribution in [1.82, 2.24) is 15.5 Å². The van der Waals surface area contributed by atoms with Crippen LogP contribution in [0.4, 0.5) is 0 Å². The lowest BCUT2D eigenvalue weighted by Crippen LogP contribution is -2.58. The van der Waals surface area contributed by atoms with E-state index in [2.05, 4.69) is 24.5 Å². The Balaban J connectivity index is 2.57. The van der Waals surface area contributed by atoms with E-state index in [0.717, 1.165) is 13.1 Å². The van der Waals surface area contributed by atoms with Crippen LogP contribution in [0.5, 0.6) is 0 Å². The first-order valence-electron chi connectivity index (χ1n) is 4.83. The molecule has 4 heteroatoms. The standard InChI is InChI=1S/C9H19N3O/c1-7-4-11-5-8(2)12(7)9(13)6-10-3/h7-8,10-11H,4-6H2,1-3H3/t7-,8+. The third-order valence-electron chi connectivity index (χ3n) is 2.45. The molecule has 1 rings (SSSR count). The molecule has 0 bridgehead atoms. The maximum atomic E-state index is 11.7. The fraction of sp³-hybridized carbons (Fsp3) is 0.889. The molecule has 1 heterocycles. The Hall–Kier alpha value is -0.610. The van der Waals surface area contributed by atoms with Crippen LogP contribution < -0.4 is 10.6 Å². The number of hydrogen-bond donors (Lipinski definition) is 2. The Morgan fingerprint density at radius 2 is 2.00 bits per heavy atom. The lowest BCUT2D eigenvalue weighted by molar-refractivity contribution is -0.135. The molecule has 1 aliphatic heterocycles. The van der Waals surface area contributed by atoms with Gasteiger partial charge in [-0.3, -0.25) is 4.79 Å². The Morgan fingerprint density at radius 1 is 1.46 bits per heavy atom. The second kappa shape index (κ2) is 4.58. The van der Waals surface area contributed by atoms with Crippen molar-refractivity contribution in [2.24, 2.45) is 0 Å². The maximum Gasteiger partial charge on any atom is 0.237 e. The van der Waals surface area contributed by atoms with Gasteiger partial charge in [0.05, 0.1) is 6.54 Å². The Morgan fingerprint density at radius 3 is 2.46 bits per heavy atom. The number of hydrogen-bond acceptors (Lipinski definition) is 3. The zero-order chi connectivity index (χ0) is 9.84. The molecular formula is C9H19N3O. The summed E-state index contributed by atoms with van der Waals surface area (Å²) in [7, 11) is 1.80. The van der Waals surface area contributed by atoms with Gasteiger partial charge in [-0.15, -0.1) is 0 Å². The summed E-state index contributed by atoms with van der Waals surface area (Å²) in [5.74, 6) is 0.198. The first-order chi connectivity index (χ1) is 6.16. The zero-order valence-corrected chi connectivity index (χ0v) is 8.63. The SMILES string of the molecule is CNCC(=O)N1[C@H](C)CNC[C@@H]1C. The minimum atomic E-state index is 0.198. The van der Waals surface area contributed by atoms with Crippen LogP contribution in [0.2, 0.25) is 0 Å². The molecule has 0 aromatic heterocycles. The van der Waals surface area contributed by atoms with Crippen LogP contribution >= 0.6 is 0 Å². The van der Waals surface area contributed by atoms with Crippen molar-refractivity contribution in [2.75, 3.05) is 26.7 Å². The number of amides is 1. The quantitative estimate of drug-likeness (QED) is 0.604. The first kappa shape index (κ1) is 10.5. The molecule has 2 atom stereocenters. The topological polar surface area (TPSA) is 44.4 Å². The van der Waals surface area contributed by atoms with Crippen molar-refractivity contribution in [3.63, 3.8) is 0 Å². The van der Waals surface area contributed by atoms with Crippen molar-refractivity contribution in [3.8, 4) is 0 Å². The number of piperazine rings is 1. The molecule has 1 fully saturated rings. The molecule has 0 unspecified atom stereocenters.